The van der Waals surface area contributed by atoms with Crippen LogP contribution in [-0.4, -0.2) is 30.0 Å². The Hall–Kier alpha value is -2.24. The topological polar surface area (TPSA) is 77.3 Å². The zero-order chi connectivity index (χ0) is 16.3. The SMILES string of the molecule is CCOC(=O)C1(C)CC(c2cc(N=C=O)c(F)cc2Cl)=NO1. The minimum atomic E-state index is -1.27. The lowest BCUT2D eigenvalue weighted by atomic mass is 9.95. The first-order valence-corrected chi connectivity index (χ1v) is 6.78. The van der Waals surface area contributed by atoms with Crippen LogP contribution in [0.5, 0.6) is 0 Å². The van der Waals surface area contributed by atoms with Gasteiger partial charge in [-0.15, -0.1) is 0 Å². The number of benzene rings is 1. The monoisotopic (exact) mass is 326 g/mol. The van der Waals surface area contributed by atoms with Crippen LogP contribution >= 0.6 is 11.6 Å². The van der Waals surface area contributed by atoms with Gasteiger partial charge in [0.15, 0.2) is 5.82 Å². The van der Waals surface area contributed by atoms with Crippen molar-refractivity contribution in [1.29, 1.82) is 0 Å². The Morgan fingerprint density at radius 2 is 2.36 bits per heavy atom. The molecule has 0 fully saturated rings. The maximum atomic E-state index is 13.6. The molecular weight excluding hydrogens is 315 g/mol. The molecule has 0 aromatic heterocycles. The van der Waals surface area contributed by atoms with Crippen LogP contribution in [-0.2, 0) is 19.2 Å². The number of aliphatic imine (C=N–C) groups is 1. The molecule has 0 bridgehead atoms. The number of carbonyl (C=O) groups excluding carboxylic acids is 2. The van der Waals surface area contributed by atoms with Gasteiger partial charge in [0.25, 0.3) is 0 Å². The third-order valence-electron chi connectivity index (χ3n) is 3.08. The lowest BCUT2D eigenvalue weighted by Gasteiger charge is -2.18. The molecule has 116 valence electrons. The molecule has 2 rings (SSSR count). The Balaban J connectivity index is 2.33. The van der Waals surface area contributed by atoms with Crippen LogP contribution in [0.1, 0.15) is 25.8 Å². The predicted molar refractivity (Wildman–Crippen MR) is 76.5 cm³/mol. The van der Waals surface area contributed by atoms with Crippen molar-refractivity contribution < 1.29 is 23.6 Å². The Bertz CT molecular complexity index is 700. The van der Waals surface area contributed by atoms with Crippen LogP contribution in [0.15, 0.2) is 22.3 Å². The number of esters is 1. The number of nitrogens with zero attached hydrogens (tertiary/aromatic N) is 2. The van der Waals surface area contributed by atoms with Crippen LogP contribution in [0.25, 0.3) is 0 Å². The molecule has 1 aromatic carbocycles. The summed E-state index contributed by atoms with van der Waals surface area (Å²) in [6.07, 6.45) is 1.36. The summed E-state index contributed by atoms with van der Waals surface area (Å²) in [6.45, 7) is 3.42. The van der Waals surface area contributed by atoms with Crippen molar-refractivity contribution in [2.75, 3.05) is 6.61 Å². The average molecular weight is 327 g/mol. The van der Waals surface area contributed by atoms with Gasteiger partial charge in [-0.05, 0) is 26.0 Å². The predicted octanol–water partition coefficient (Wildman–Crippen LogP) is 2.89. The Morgan fingerprint density at radius 3 is 3.00 bits per heavy atom. The summed E-state index contributed by atoms with van der Waals surface area (Å²) in [4.78, 5) is 30.6. The second-order valence-corrected chi connectivity index (χ2v) is 5.15. The average Bonchev–Trinajstić information content (AvgIpc) is 2.86. The van der Waals surface area contributed by atoms with Crippen molar-refractivity contribution in [3.8, 4) is 0 Å². The van der Waals surface area contributed by atoms with E-state index < -0.39 is 17.4 Å². The lowest BCUT2D eigenvalue weighted by molar-refractivity contribution is -0.166. The molecule has 8 heteroatoms. The molecule has 0 aliphatic carbocycles. The highest BCUT2D eigenvalue weighted by atomic mass is 35.5. The summed E-state index contributed by atoms with van der Waals surface area (Å²) in [5.41, 5.74) is -0.827. The highest BCUT2D eigenvalue weighted by Crippen LogP contribution is 2.33. The summed E-state index contributed by atoms with van der Waals surface area (Å²) in [7, 11) is 0. The molecular formula is C14H12ClFN2O4. The normalized spacial score (nSPS) is 19.9. The number of oxime groups is 1. The molecule has 1 aliphatic heterocycles. The highest BCUT2D eigenvalue weighted by molar-refractivity contribution is 6.34. The van der Waals surface area contributed by atoms with Crippen LogP contribution < -0.4 is 0 Å². The van der Waals surface area contributed by atoms with Crippen LogP contribution in [0, 0.1) is 5.82 Å². The molecule has 6 nitrogen and oxygen atoms in total. The van der Waals surface area contributed by atoms with E-state index in [9.17, 15) is 14.0 Å². The van der Waals surface area contributed by atoms with E-state index in [2.05, 4.69) is 10.1 Å². The van der Waals surface area contributed by atoms with E-state index in [1.165, 1.54) is 19.1 Å². The van der Waals surface area contributed by atoms with E-state index in [1.807, 2.05) is 0 Å². The largest absolute Gasteiger partial charge is 0.463 e. The maximum absolute atomic E-state index is 13.6. The van der Waals surface area contributed by atoms with E-state index >= 15 is 0 Å². The number of carbonyl (C=O) groups is 1. The molecule has 1 aliphatic rings. The van der Waals surface area contributed by atoms with Gasteiger partial charge in [-0.3, -0.25) is 0 Å². The summed E-state index contributed by atoms with van der Waals surface area (Å²) in [5.74, 6) is -1.32. The first-order chi connectivity index (χ1) is 10.4. The van der Waals surface area contributed by atoms with E-state index in [4.69, 9.17) is 21.2 Å². The van der Waals surface area contributed by atoms with Crippen molar-refractivity contribution in [1.82, 2.24) is 0 Å². The number of halogens is 2. The minimum Gasteiger partial charge on any atom is -0.463 e. The minimum absolute atomic E-state index is 0.0674. The third kappa shape index (κ3) is 3.00. The van der Waals surface area contributed by atoms with E-state index in [-0.39, 0.29) is 23.7 Å². The first kappa shape index (κ1) is 16.1. The van der Waals surface area contributed by atoms with Crippen LogP contribution in [0.3, 0.4) is 0 Å². The van der Waals surface area contributed by atoms with Gasteiger partial charge < -0.3 is 9.57 Å². The van der Waals surface area contributed by atoms with Crippen molar-refractivity contribution in [2.24, 2.45) is 10.1 Å². The van der Waals surface area contributed by atoms with Crippen molar-refractivity contribution in [3.05, 3.63) is 28.5 Å². The molecule has 1 unspecified atom stereocenters. The standard InChI is InChI=1S/C14H12ClFN2O4/c1-3-21-13(20)14(2)6-12(18-22-14)8-4-11(17-7-19)10(16)5-9(8)15/h4-5H,3,6H2,1-2H3. The smallest absolute Gasteiger partial charge is 0.353 e. The van der Waals surface area contributed by atoms with Gasteiger partial charge in [0.1, 0.15) is 5.69 Å². The summed E-state index contributed by atoms with van der Waals surface area (Å²) in [6, 6.07) is 2.26. The second-order valence-electron chi connectivity index (χ2n) is 4.74. The number of ether oxygens (including phenoxy) is 1. The molecule has 1 aromatic rings. The summed E-state index contributed by atoms with van der Waals surface area (Å²) >= 11 is 5.98. The molecule has 0 saturated carbocycles. The van der Waals surface area contributed by atoms with E-state index in [0.29, 0.717) is 11.3 Å². The van der Waals surface area contributed by atoms with Crippen LogP contribution in [0.4, 0.5) is 10.1 Å². The van der Waals surface area contributed by atoms with Gasteiger partial charge >= 0.3 is 5.97 Å². The van der Waals surface area contributed by atoms with Gasteiger partial charge in [0, 0.05) is 12.0 Å². The fraction of sp³-hybridized carbons (Fsp3) is 0.357. The van der Waals surface area contributed by atoms with Gasteiger partial charge in [0.05, 0.1) is 17.3 Å². The number of hydrogen-bond acceptors (Lipinski definition) is 6. The number of isocyanates is 1. The molecule has 0 saturated heterocycles. The lowest BCUT2D eigenvalue weighted by Crippen LogP contribution is -2.37. The fourth-order valence-corrected chi connectivity index (χ4v) is 2.23. The molecule has 1 atom stereocenters. The highest BCUT2D eigenvalue weighted by Gasteiger charge is 2.44. The number of rotatable bonds is 4. The maximum Gasteiger partial charge on any atom is 0.353 e. The zero-order valence-corrected chi connectivity index (χ0v) is 12.6. The van der Waals surface area contributed by atoms with Crippen molar-refractivity contribution >= 4 is 35.0 Å². The fourth-order valence-electron chi connectivity index (χ4n) is 1.97. The molecule has 22 heavy (non-hydrogen) atoms. The Morgan fingerprint density at radius 1 is 1.64 bits per heavy atom. The van der Waals surface area contributed by atoms with Gasteiger partial charge in [-0.25, -0.2) is 14.0 Å². The first-order valence-electron chi connectivity index (χ1n) is 6.41. The molecule has 0 spiro atoms. The zero-order valence-electron chi connectivity index (χ0n) is 11.9. The van der Waals surface area contributed by atoms with Crippen molar-refractivity contribution in [3.63, 3.8) is 0 Å². The van der Waals surface area contributed by atoms with E-state index in [1.54, 1.807) is 6.92 Å². The Labute approximate surface area is 130 Å². The summed E-state index contributed by atoms with van der Waals surface area (Å²) < 4.78 is 18.5. The summed E-state index contributed by atoms with van der Waals surface area (Å²) in [5, 5.41) is 3.89. The van der Waals surface area contributed by atoms with Crippen LogP contribution in [0.2, 0.25) is 5.02 Å². The van der Waals surface area contributed by atoms with Crippen molar-refractivity contribution in [2.45, 2.75) is 25.9 Å². The quantitative estimate of drug-likeness (QED) is 0.484. The Kier molecular flexibility index (Phi) is 4.59. The van der Waals surface area contributed by atoms with Gasteiger partial charge in [-0.2, -0.15) is 4.99 Å². The second kappa shape index (κ2) is 6.25. The molecule has 0 amide bonds. The van der Waals surface area contributed by atoms with E-state index in [0.717, 1.165) is 6.07 Å². The van der Waals surface area contributed by atoms with Gasteiger partial charge in [0.2, 0.25) is 11.7 Å². The molecule has 0 N–H and O–H groups in total. The third-order valence-corrected chi connectivity index (χ3v) is 3.40. The number of hydrogen-bond donors (Lipinski definition) is 0. The molecule has 1 heterocycles. The van der Waals surface area contributed by atoms with Gasteiger partial charge in [-0.1, -0.05) is 16.8 Å². The molecule has 0 radical (unpaired) electrons.